The summed E-state index contributed by atoms with van der Waals surface area (Å²) in [5.41, 5.74) is 0.858. The molecule has 19 heavy (non-hydrogen) atoms. The highest BCUT2D eigenvalue weighted by Gasteiger charge is 2.17. The lowest BCUT2D eigenvalue weighted by Gasteiger charge is -2.10. The van der Waals surface area contributed by atoms with Gasteiger partial charge in [0.2, 0.25) is 10.0 Å². The molecule has 0 aromatic heterocycles. The van der Waals surface area contributed by atoms with Crippen LogP contribution in [0.5, 0.6) is 0 Å². The highest BCUT2D eigenvalue weighted by atomic mass is 35.5. The molecule has 0 aliphatic carbocycles. The van der Waals surface area contributed by atoms with E-state index in [2.05, 4.69) is 10.0 Å². The van der Waals surface area contributed by atoms with Crippen LogP contribution in [0.25, 0.3) is 0 Å². The predicted octanol–water partition coefficient (Wildman–Crippen LogP) is 1.37. The summed E-state index contributed by atoms with van der Waals surface area (Å²) in [5.74, 6) is 0. The molecular formula is C12H19ClN2O3S. The van der Waals surface area contributed by atoms with Gasteiger partial charge in [-0.05, 0) is 31.7 Å². The third kappa shape index (κ3) is 5.08. The largest absolute Gasteiger partial charge is 0.380 e. The summed E-state index contributed by atoms with van der Waals surface area (Å²) in [7, 11) is -1.81. The molecule has 0 fully saturated rings. The van der Waals surface area contributed by atoms with Crippen LogP contribution in [-0.4, -0.2) is 35.2 Å². The molecule has 0 saturated carbocycles. The Morgan fingerprint density at radius 1 is 1.37 bits per heavy atom. The normalized spacial score (nSPS) is 11.7. The van der Waals surface area contributed by atoms with Crippen molar-refractivity contribution in [2.45, 2.75) is 18.4 Å². The molecular weight excluding hydrogens is 288 g/mol. The van der Waals surface area contributed by atoms with Crippen molar-refractivity contribution >= 4 is 21.6 Å². The Balaban J connectivity index is 2.84. The molecule has 0 spiro atoms. The maximum absolute atomic E-state index is 12.1. The molecule has 0 saturated heterocycles. The van der Waals surface area contributed by atoms with E-state index in [9.17, 15) is 8.42 Å². The summed E-state index contributed by atoms with van der Waals surface area (Å²) in [4.78, 5) is 0.0958. The van der Waals surface area contributed by atoms with Crippen molar-refractivity contribution < 1.29 is 13.2 Å². The second-order valence-corrected chi connectivity index (χ2v) is 6.03. The molecule has 0 atom stereocenters. The van der Waals surface area contributed by atoms with Crippen LogP contribution in [0.3, 0.4) is 0 Å². The average Bonchev–Trinajstić information content (AvgIpc) is 2.37. The van der Waals surface area contributed by atoms with E-state index < -0.39 is 10.0 Å². The zero-order valence-corrected chi connectivity index (χ0v) is 12.6. The fourth-order valence-corrected chi connectivity index (χ4v) is 3.10. The first-order chi connectivity index (χ1) is 9.01. The Morgan fingerprint density at radius 2 is 2.11 bits per heavy atom. The number of nitrogens with one attached hydrogen (secondary N) is 2. The van der Waals surface area contributed by atoms with E-state index in [1.807, 2.05) is 6.92 Å². The molecule has 0 heterocycles. The number of benzene rings is 1. The van der Waals surface area contributed by atoms with Crippen LogP contribution in [-0.2, 0) is 21.3 Å². The molecule has 5 nitrogen and oxygen atoms in total. The highest BCUT2D eigenvalue weighted by Crippen LogP contribution is 2.22. The van der Waals surface area contributed by atoms with Gasteiger partial charge in [0.05, 0.1) is 11.6 Å². The van der Waals surface area contributed by atoms with Gasteiger partial charge in [-0.3, -0.25) is 0 Å². The molecule has 2 N–H and O–H groups in total. The minimum Gasteiger partial charge on any atom is -0.380 e. The molecule has 0 radical (unpaired) electrons. The van der Waals surface area contributed by atoms with Crippen LogP contribution < -0.4 is 10.0 Å². The second kappa shape index (κ2) is 7.81. The highest BCUT2D eigenvalue weighted by molar-refractivity contribution is 7.89. The van der Waals surface area contributed by atoms with Gasteiger partial charge in [-0.25, -0.2) is 13.1 Å². The van der Waals surface area contributed by atoms with E-state index >= 15 is 0 Å². The number of sulfonamides is 1. The molecule has 108 valence electrons. The summed E-state index contributed by atoms with van der Waals surface area (Å²) >= 11 is 5.95. The Morgan fingerprint density at radius 3 is 2.74 bits per heavy atom. The van der Waals surface area contributed by atoms with Gasteiger partial charge in [0.1, 0.15) is 4.90 Å². The van der Waals surface area contributed by atoms with Crippen LogP contribution in [0.15, 0.2) is 23.1 Å². The number of hydrogen-bond donors (Lipinski definition) is 2. The first-order valence-corrected chi connectivity index (χ1v) is 7.87. The predicted molar refractivity (Wildman–Crippen MR) is 75.9 cm³/mol. The summed E-state index contributed by atoms with van der Waals surface area (Å²) in [5, 5.41) is 3.18. The lowest BCUT2D eigenvalue weighted by molar-refractivity contribution is 0.153. The lowest BCUT2D eigenvalue weighted by atomic mass is 10.2. The maximum atomic E-state index is 12.1. The van der Waals surface area contributed by atoms with E-state index in [0.717, 1.165) is 5.56 Å². The minimum absolute atomic E-state index is 0.0958. The Bertz CT molecular complexity index is 506. The van der Waals surface area contributed by atoms with Gasteiger partial charge < -0.3 is 10.1 Å². The van der Waals surface area contributed by atoms with Crippen molar-refractivity contribution in [3.05, 3.63) is 28.8 Å². The molecule has 0 aliphatic rings. The fraction of sp³-hybridized carbons (Fsp3) is 0.500. The third-order valence-electron chi connectivity index (χ3n) is 2.41. The monoisotopic (exact) mass is 306 g/mol. The third-order valence-corrected chi connectivity index (χ3v) is 4.35. The van der Waals surface area contributed by atoms with Gasteiger partial charge in [0, 0.05) is 19.7 Å². The van der Waals surface area contributed by atoms with Crippen LogP contribution in [0, 0.1) is 0 Å². The maximum Gasteiger partial charge on any atom is 0.242 e. The zero-order chi connectivity index (χ0) is 14.3. The van der Waals surface area contributed by atoms with E-state index in [1.54, 1.807) is 25.2 Å². The van der Waals surface area contributed by atoms with Gasteiger partial charge in [0.25, 0.3) is 0 Å². The Kier molecular flexibility index (Phi) is 6.74. The summed E-state index contributed by atoms with van der Waals surface area (Å²) in [6.07, 6.45) is 0. The molecule has 1 rings (SSSR count). The molecule has 1 aromatic rings. The number of halogens is 1. The van der Waals surface area contributed by atoms with Crippen LogP contribution >= 0.6 is 11.6 Å². The van der Waals surface area contributed by atoms with E-state index in [0.29, 0.717) is 19.8 Å². The summed E-state index contributed by atoms with van der Waals surface area (Å²) in [6.45, 7) is 3.55. The van der Waals surface area contributed by atoms with Crippen molar-refractivity contribution in [2.75, 3.05) is 26.8 Å². The van der Waals surface area contributed by atoms with Crippen molar-refractivity contribution in [1.29, 1.82) is 0 Å². The number of hydrogen-bond acceptors (Lipinski definition) is 4. The van der Waals surface area contributed by atoms with Gasteiger partial charge >= 0.3 is 0 Å². The molecule has 7 heteroatoms. The smallest absolute Gasteiger partial charge is 0.242 e. The van der Waals surface area contributed by atoms with Crippen molar-refractivity contribution in [2.24, 2.45) is 0 Å². The molecule has 0 aliphatic heterocycles. The van der Waals surface area contributed by atoms with Crippen molar-refractivity contribution in [3.63, 3.8) is 0 Å². The van der Waals surface area contributed by atoms with E-state index in [-0.39, 0.29) is 16.5 Å². The summed E-state index contributed by atoms with van der Waals surface area (Å²) in [6, 6.07) is 4.95. The van der Waals surface area contributed by atoms with Crippen molar-refractivity contribution in [1.82, 2.24) is 10.0 Å². The first kappa shape index (κ1) is 16.4. The topological polar surface area (TPSA) is 67.4 Å². The van der Waals surface area contributed by atoms with Gasteiger partial charge in [0.15, 0.2) is 0 Å². The molecule has 0 bridgehead atoms. The lowest BCUT2D eigenvalue weighted by Crippen LogP contribution is -2.28. The first-order valence-electron chi connectivity index (χ1n) is 6.01. The minimum atomic E-state index is -3.60. The molecule has 1 aromatic carbocycles. The number of ether oxygens (including phenoxy) is 1. The standard InChI is InChI=1S/C12H19ClN2O3S/c1-3-18-7-6-15-19(16,17)12-8-10(9-14-2)4-5-11(12)13/h4-5,8,14-15H,3,6-7,9H2,1-2H3. The van der Waals surface area contributed by atoms with Crippen LogP contribution in [0.1, 0.15) is 12.5 Å². The fourth-order valence-electron chi connectivity index (χ4n) is 1.54. The average molecular weight is 307 g/mol. The number of rotatable bonds is 8. The quantitative estimate of drug-likeness (QED) is 0.712. The van der Waals surface area contributed by atoms with Gasteiger partial charge in [-0.1, -0.05) is 17.7 Å². The van der Waals surface area contributed by atoms with Gasteiger partial charge in [-0.15, -0.1) is 0 Å². The van der Waals surface area contributed by atoms with E-state index in [1.165, 1.54) is 0 Å². The van der Waals surface area contributed by atoms with Crippen LogP contribution in [0.2, 0.25) is 5.02 Å². The van der Waals surface area contributed by atoms with E-state index in [4.69, 9.17) is 16.3 Å². The second-order valence-electron chi connectivity index (χ2n) is 3.89. The zero-order valence-electron chi connectivity index (χ0n) is 11.1. The van der Waals surface area contributed by atoms with Gasteiger partial charge in [-0.2, -0.15) is 0 Å². The molecule has 0 amide bonds. The Labute approximate surface area is 119 Å². The van der Waals surface area contributed by atoms with Crippen LogP contribution in [0.4, 0.5) is 0 Å². The molecule has 0 unspecified atom stereocenters. The Hall–Kier alpha value is -0.660. The van der Waals surface area contributed by atoms with Crippen molar-refractivity contribution in [3.8, 4) is 0 Å². The summed E-state index contributed by atoms with van der Waals surface area (Å²) < 4.78 is 31.8. The SMILES string of the molecule is CCOCCNS(=O)(=O)c1cc(CNC)ccc1Cl.